The average molecular weight is 333 g/mol. The Kier molecular flexibility index (Phi) is 2.99. The predicted molar refractivity (Wildman–Crippen MR) is 80.1 cm³/mol. The molecule has 4 aromatic rings. The lowest BCUT2D eigenvalue weighted by Gasteiger charge is -2.09. The molecule has 0 saturated carbocycles. The number of rotatable bonds is 2. The zero-order chi connectivity index (χ0) is 16.9. The van der Waals surface area contributed by atoms with Crippen molar-refractivity contribution < 1.29 is 17.9 Å². The van der Waals surface area contributed by atoms with Crippen molar-refractivity contribution in [3.05, 3.63) is 42.2 Å². The van der Waals surface area contributed by atoms with Crippen molar-refractivity contribution in [2.75, 3.05) is 7.11 Å². The summed E-state index contributed by atoms with van der Waals surface area (Å²) in [5.74, 6) is 0. The van der Waals surface area contributed by atoms with Gasteiger partial charge in [-0.25, -0.2) is 9.55 Å². The number of imidazole rings is 1. The van der Waals surface area contributed by atoms with Crippen molar-refractivity contribution in [1.29, 1.82) is 0 Å². The van der Waals surface area contributed by atoms with E-state index in [1.165, 1.54) is 17.7 Å². The Bertz CT molecular complexity index is 1050. The van der Waals surface area contributed by atoms with Crippen molar-refractivity contribution in [2.24, 2.45) is 0 Å². The third kappa shape index (κ3) is 2.16. The Labute approximate surface area is 132 Å². The smallest absolute Gasteiger partial charge is 0.433 e. The number of methoxy groups -OCH3 is 1. The Morgan fingerprint density at radius 3 is 2.71 bits per heavy atom. The lowest BCUT2D eigenvalue weighted by atomic mass is 10.2. The minimum absolute atomic E-state index is 0.0736. The second-order valence-corrected chi connectivity index (χ2v) is 5.11. The van der Waals surface area contributed by atoms with Crippen LogP contribution in [0.3, 0.4) is 0 Å². The van der Waals surface area contributed by atoms with Gasteiger partial charge in [-0.1, -0.05) is 0 Å². The SMILES string of the molecule is COc1nc2ccc(C(F)(F)F)nc2n1-c1ccc2[nH]ncc2c1. The zero-order valence-electron chi connectivity index (χ0n) is 12.3. The van der Waals surface area contributed by atoms with Crippen molar-refractivity contribution in [2.45, 2.75) is 6.18 Å². The maximum Gasteiger partial charge on any atom is 0.433 e. The molecule has 24 heavy (non-hydrogen) atoms. The highest BCUT2D eigenvalue weighted by Gasteiger charge is 2.33. The van der Waals surface area contributed by atoms with Gasteiger partial charge in [-0.05, 0) is 30.3 Å². The first kappa shape index (κ1) is 14.5. The van der Waals surface area contributed by atoms with Gasteiger partial charge in [0.15, 0.2) is 5.65 Å². The summed E-state index contributed by atoms with van der Waals surface area (Å²) in [6, 6.07) is 7.60. The van der Waals surface area contributed by atoms with Gasteiger partial charge in [0.2, 0.25) is 0 Å². The molecule has 0 spiro atoms. The van der Waals surface area contributed by atoms with E-state index < -0.39 is 11.9 Å². The molecule has 0 radical (unpaired) electrons. The summed E-state index contributed by atoms with van der Waals surface area (Å²) in [5.41, 5.74) is 0.793. The summed E-state index contributed by atoms with van der Waals surface area (Å²) in [7, 11) is 1.40. The lowest BCUT2D eigenvalue weighted by Crippen LogP contribution is -2.08. The first-order valence-corrected chi connectivity index (χ1v) is 6.91. The van der Waals surface area contributed by atoms with Crippen LogP contribution in [0.1, 0.15) is 5.69 Å². The second-order valence-electron chi connectivity index (χ2n) is 5.11. The van der Waals surface area contributed by atoms with E-state index in [-0.39, 0.29) is 11.7 Å². The van der Waals surface area contributed by atoms with Gasteiger partial charge in [0.05, 0.1) is 24.5 Å². The molecule has 0 unspecified atom stereocenters. The van der Waals surface area contributed by atoms with E-state index in [1.54, 1.807) is 24.4 Å². The lowest BCUT2D eigenvalue weighted by molar-refractivity contribution is -0.141. The quantitative estimate of drug-likeness (QED) is 0.611. The number of aromatic nitrogens is 5. The third-order valence-corrected chi connectivity index (χ3v) is 3.63. The molecule has 0 fully saturated rings. The molecule has 0 aliphatic heterocycles. The summed E-state index contributed by atoms with van der Waals surface area (Å²) >= 11 is 0. The van der Waals surface area contributed by atoms with Crippen LogP contribution < -0.4 is 4.74 Å². The van der Waals surface area contributed by atoms with E-state index in [2.05, 4.69) is 20.2 Å². The molecular formula is C15H10F3N5O. The highest BCUT2D eigenvalue weighted by molar-refractivity contribution is 5.82. The molecule has 1 aromatic carbocycles. The number of hydrogen-bond donors (Lipinski definition) is 1. The Hall–Kier alpha value is -3.10. The summed E-state index contributed by atoms with van der Waals surface area (Å²) < 4.78 is 45.6. The van der Waals surface area contributed by atoms with Gasteiger partial charge < -0.3 is 4.74 Å². The molecule has 0 atom stereocenters. The fourth-order valence-electron chi connectivity index (χ4n) is 2.53. The van der Waals surface area contributed by atoms with Crippen LogP contribution in [0.15, 0.2) is 36.5 Å². The molecule has 0 aliphatic carbocycles. The number of pyridine rings is 1. The standard InChI is InChI=1S/C15H10F3N5O/c1-24-14-20-11-4-5-12(15(16,17)18)21-13(11)23(14)9-2-3-10-8(6-9)7-19-22-10/h2-7H,1H3,(H,19,22). The van der Waals surface area contributed by atoms with Crippen LogP contribution in [0.2, 0.25) is 0 Å². The van der Waals surface area contributed by atoms with Crippen LogP contribution in [0.25, 0.3) is 27.8 Å². The first-order chi connectivity index (χ1) is 11.5. The van der Waals surface area contributed by atoms with Crippen molar-refractivity contribution in [3.63, 3.8) is 0 Å². The molecule has 3 aromatic heterocycles. The van der Waals surface area contributed by atoms with Crippen molar-refractivity contribution in [1.82, 2.24) is 24.7 Å². The minimum Gasteiger partial charge on any atom is -0.468 e. The van der Waals surface area contributed by atoms with E-state index in [4.69, 9.17) is 4.74 Å². The number of hydrogen-bond acceptors (Lipinski definition) is 4. The molecule has 9 heteroatoms. The molecule has 0 bridgehead atoms. The number of H-pyrrole nitrogens is 1. The van der Waals surface area contributed by atoms with Crippen LogP contribution in [0.5, 0.6) is 6.01 Å². The number of aromatic amines is 1. The minimum atomic E-state index is -4.54. The number of nitrogens with one attached hydrogen (secondary N) is 1. The number of ether oxygens (including phenoxy) is 1. The van der Waals surface area contributed by atoms with Crippen LogP contribution in [-0.4, -0.2) is 31.8 Å². The Morgan fingerprint density at radius 1 is 1.12 bits per heavy atom. The molecule has 122 valence electrons. The predicted octanol–water partition coefficient (Wildman–Crippen LogP) is 3.32. The summed E-state index contributed by atoms with van der Waals surface area (Å²) in [6.45, 7) is 0. The van der Waals surface area contributed by atoms with E-state index in [9.17, 15) is 13.2 Å². The van der Waals surface area contributed by atoms with Crippen LogP contribution in [0, 0.1) is 0 Å². The number of benzene rings is 1. The first-order valence-electron chi connectivity index (χ1n) is 6.91. The monoisotopic (exact) mass is 333 g/mol. The van der Waals surface area contributed by atoms with Gasteiger partial charge in [0.1, 0.15) is 11.2 Å². The normalized spacial score (nSPS) is 12.2. The van der Waals surface area contributed by atoms with Gasteiger partial charge in [0, 0.05) is 5.39 Å². The van der Waals surface area contributed by atoms with Crippen LogP contribution in [-0.2, 0) is 6.18 Å². The highest BCUT2D eigenvalue weighted by atomic mass is 19.4. The van der Waals surface area contributed by atoms with Gasteiger partial charge in [-0.3, -0.25) is 5.10 Å². The number of alkyl halides is 3. The zero-order valence-corrected chi connectivity index (χ0v) is 12.3. The molecule has 3 heterocycles. The van der Waals surface area contributed by atoms with E-state index in [1.807, 2.05) is 0 Å². The van der Waals surface area contributed by atoms with Crippen LogP contribution in [0.4, 0.5) is 13.2 Å². The van der Waals surface area contributed by atoms with Gasteiger partial charge >= 0.3 is 12.2 Å². The summed E-state index contributed by atoms with van der Waals surface area (Å²) in [4.78, 5) is 7.92. The molecule has 1 N–H and O–H groups in total. The fraction of sp³-hybridized carbons (Fsp3) is 0.133. The van der Waals surface area contributed by atoms with E-state index in [0.717, 1.165) is 17.0 Å². The number of fused-ring (bicyclic) bond motifs is 2. The van der Waals surface area contributed by atoms with Gasteiger partial charge in [-0.15, -0.1) is 0 Å². The largest absolute Gasteiger partial charge is 0.468 e. The van der Waals surface area contributed by atoms with E-state index in [0.29, 0.717) is 11.2 Å². The third-order valence-electron chi connectivity index (χ3n) is 3.63. The average Bonchev–Trinajstić information content (AvgIpc) is 3.16. The topological polar surface area (TPSA) is 68.6 Å². The van der Waals surface area contributed by atoms with Gasteiger partial charge in [-0.2, -0.15) is 23.3 Å². The summed E-state index contributed by atoms with van der Waals surface area (Å²) in [6.07, 6.45) is -2.91. The maximum absolute atomic E-state index is 13.0. The highest BCUT2D eigenvalue weighted by Crippen LogP contribution is 2.32. The molecular weight excluding hydrogens is 323 g/mol. The molecule has 6 nitrogen and oxygen atoms in total. The Morgan fingerprint density at radius 2 is 1.96 bits per heavy atom. The summed E-state index contributed by atoms with van der Waals surface area (Å²) in [5, 5.41) is 7.55. The van der Waals surface area contributed by atoms with Gasteiger partial charge in [0.25, 0.3) is 0 Å². The molecule has 0 saturated heterocycles. The second kappa shape index (κ2) is 4.95. The molecule has 0 amide bonds. The fourth-order valence-corrected chi connectivity index (χ4v) is 2.53. The number of nitrogens with zero attached hydrogens (tertiary/aromatic N) is 4. The van der Waals surface area contributed by atoms with Crippen molar-refractivity contribution >= 4 is 22.1 Å². The van der Waals surface area contributed by atoms with Crippen molar-refractivity contribution in [3.8, 4) is 11.7 Å². The van der Waals surface area contributed by atoms with E-state index >= 15 is 0 Å². The molecule has 4 rings (SSSR count). The maximum atomic E-state index is 13.0. The number of halogens is 3. The Balaban J connectivity index is 2.00. The van der Waals surface area contributed by atoms with Crippen LogP contribution >= 0.6 is 0 Å². The molecule has 0 aliphatic rings.